The summed E-state index contributed by atoms with van der Waals surface area (Å²) in [5, 5.41) is 23.8. The molecule has 178 valence electrons. The molecule has 0 aliphatic heterocycles. The van der Waals surface area contributed by atoms with E-state index in [2.05, 4.69) is 5.32 Å². The van der Waals surface area contributed by atoms with Crippen LogP contribution in [-0.2, 0) is 0 Å². The lowest BCUT2D eigenvalue weighted by molar-refractivity contribution is 0.595. The van der Waals surface area contributed by atoms with E-state index in [4.69, 9.17) is 46.4 Å². The van der Waals surface area contributed by atoms with Crippen LogP contribution in [0.4, 0.5) is 15.8 Å². The summed E-state index contributed by atoms with van der Waals surface area (Å²) in [4.78, 5) is 2.04. The molecule has 3 nitrogen and oxygen atoms in total. The van der Waals surface area contributed by atoms with Crippen molar-refractivity contribution < 1.29 is 4.39 Å². The normalized spacial score (nSPS) is 10.5. The molecular formula is C26H12Cl4FN3S2. The second kappa shape index (κ2) is 11.7. The minimum Gasteiger partial charge on any atom is -0.354 e. The van der Waals surface area contributed by atoms with Gasteiger partial charge in [-0.3, -0.25) is 0 Å². The van der Waals surface area contributed by atoms with E-state index >= 15 is 4.39 Å². The Kier molecular flexibility index (Phi) is 8.59. The first-order valence-corrected chi connectivity index (χ1v) is 13.2. The van der Waals surface area contributed by atoms with Crippen LogP contribution in [0.5, 0.6) is 0 Å². The van der Waals surface area contributed by atoms with Gasteiger partial charge in [0, 0.05) is 30.4 Å². The summed E-state index contributed by atoms with van der Waals surface area (Å²) >= 11 is 27.4. The molecule has 0 aromatic heterocycles. The zero-order chi connectivity index (χ0) is 25.8. The number of nitrogens with one attached hydrogen (secondary N) is 1. The lowest BCUT2D eigenvalue weighted by atomic mass is 10.1. The molecule has 36 heavy (non-hydrogen) atoms. The van der Waals surface area contributed by atoms with Gasteiger partial charge in [-0.15, -0.1) is 0 Å². The Hall–Kier alpha value is -2.55. The number of anilines is 2. The first kappa shape index (κ1) is 26.5. The summed E-state index contributed by atoms with van der Waals surface area (Å²) in [7, 11) is 0. The SMILES string of the molecule is N#Cc1cccc(Nc2cc(F)c(Sc3cc(Cl)ccc3Cl)c(Sc3cc(Cl)ccc3Cl)c2)c1C#N. The average Bonchev–Trinajstić information content (AvgIpc) is 2.85. The van der Waals surface area contributed by atoms with Crippen molar-refractivity contribution in [3.05, 3.63) is 104 Å². The molecule has 0 atom stereocenters. The average molecular weight is 591 g/mol. The number of rotatable bonds is 6. The van der Waals surface area contributed by atoms with Crippen LogP contribution in [0.1, 0.15) is 11.1 Å². The molecule has 4 rings (SSSR count). The number of benzene rings is 4. The number of hydrogen-bond donors (Lipinski definition) is 1. The number of nitrogens with zero attached hydrogens (tertiary/aromatic N) is 2. The van der Waals surface area contributed by atoms with Crippen molar-refractivity contribution in [1.82, 2.24) is 0 Å². The van der Waals surface area contributed by atoms with E-state index in [0.29, 0.717) is 51.0 Å². The fourth-order valence-corrected chi connectivity index (χ4v) is 6.22. The standard InChI is InChI=1S/C26H12Cl4FN3S2/c27-15-4-6-19(29)23(8-15)35-25-11-17(34-22-3-1-2-14(12-32)18(22)13-33)10-21(31)26(25)36-24-9-16(28)5-7-20(24)30/h1-11,34H. The number of nitriles is 2. The molecular weight excluding hydrogens is 579 g/mol. The minimum atomic E-state index is -0.531. The van der Waals surface area contributed by atoms with Gasteiger partial charge in [0.15, 0.2) is 0 Å². The number of halogens is 5. The van der Waals surface area contributed by atoms with Crippen LogP contribution in [0.2, 0.25) is 20.1 Å². The third kappa shape index (κ3) is 6.05. The molecule has 0 fully saturated rings. The fourth-order valence-electron chi connectivity index (χ4n) is 3.18. The Morgan fingerprint density at radius 1 is 0.722 bits per heavy atom. The third-order valence-electron chi connectivity index (χ3n) is 4.80. The first-order chi connectivity index (χ1) is 17.3. The molecule has 0 aliphatic rings. The highest BCUT2D eigenvalue weighted by atomic mass is 35.5. The molecule has 0 spiro atoms. The van der Waals surface area contributed by atoms with E-state index in [1.54, 1.807) is 60.7 Å². The van der Waals surface area contributed by atoms with E-state index < -0.39 is 5.82 Å². The van der Waals surface area contributed by atoms with Crippen molar-refractivity contribution in [3.8, 4) is 12.1 Å². The van der Waals surface area contributed by atoms with E-state index in [9.17, 15) is 10.5 Å². The Morgan fingerprint density at radius 2 is 1.36 bits per heavy atom. The summed E-state index contributed by atoms with van der Waals surface area (Å²) in [6.07, 6.45) is 0. The molecule has 0 saturated heterocycles. The van der Waals surface area contributed by atoms with Gasteiger partial charge in [-0.2, -0.15) is 10.5 Å². The van der Waals surface area contributed by atoms with Gasteiger partial charge in [0.05, 0.1) is 31.8 Å². The largest absolute Gasteiger partial charge is 0.354 e. The maximum atomic E-state index is 15.6. The molecule has 4 aromatic rings. The molecule has 0 aliphatic carbocycles. The van der Waals surface area contributed by atoms with Crippen molar-refractivity contribution in [3.63, 3.8) is 0 Å². The highest BCUT2D eigenvalue weighted by molar-refractivity contribution is 8.02. The molecule has 0 bridgehead atoms. The van der Waals surface area contributed by atoms with Crippen LogP contribution in [0.25, 0.3) is 0 Å². The lowest BCUT2D eigenvalue weighted by Crippen LogP contribution is -1.98. The van der Waals surface area contributed by atoms with E-state index in [0.717, 1.165) is 11.8 Å². The maximum Gasteiger partial charge on any atom is 0.140 e. The van der Waals surface area contributed by atoms with E-state index in [-0.39, 0.29) is 11.1 Å². The monoisotopic (exact) mass is 589 g/mol. The molecule has 0 radical (unpaired) electrons. The quantitative estimate of drug-likeness (QED) is 0.242. The summed E-state index contributed by atoms with van der Waals surface area (Å²) < 4.78 is 15.6. The van der Waals surface area contributed by atoms with Gasteiger partial charge < -0.3 is 5.32 Å². The zero-order valence-electron chi connectivity index (χ0n) is 18.0. The molecule has 10 heteroatoms. The van der Waals surface area contributed by atoms with Gasteiger partial charge in [0.2, 0.25) is 0 Å². The van der Waals surface area contributed by atoms with Crippen LogP contribution < -0.4 is 5.32 Å². The highest BCUT2D eigenvalue weighted by Gasteiger charge is 2.18. The van der Waals surface area contributed by atoms with E-state index in [1.165, 1.54) is 17.8 Å². The molecule has 4 aromatic carbocycles. The van der Waals surface area contributed by atoms with Gasteiger partial charge in [0.1, 0.15) is 18.0 Å². The Balaban J connectivity index is 1.82. The van der Waals surface area contributed by atoms with Gasteiger partial charge in [-0.05, 0) is 60.7 Å². The molecule has 0 unspecified atom stereocenters. The molecule has 1 N–H and O–H groups in total. The lowest BCUT2D eigenvalue weighted by Gasteiger charge is -2.16. The van der Waals surface area contributed by atoms with Gasteiger partial charge in [-0.1, -0.05) is 76.0 Å². The summed E-state index contributed by atoms with van der Waals surface area (Å²) in [5.41, 5.74) is 1.13. The third-order valence-corrected chi connectivity index (χ3v) is 8.56. The summed E-state index contributed by atoms with van der Waals surface area (Å²) in [6.45, 7) is 0. The van der Waals surface area contributed by atoms with Gasteiger partial charge in [-0.25, -0.2) is 4.39 Å². The minimum absolute atomic E-state index is 0.164. The zero-order valence-corrected chi connectivity index (χ0v) is 22.6. The van der Waals surface area contributed by atoms with E-state index in [1.807, 2.05) is 12.1 Å². The van der Waals surface area contributed by atoms with Gasteiger partial charge in [0.25, 0.3) is 0 Å². The molecule has 0 saturated carbocycles. The Labute approximate surface area is 235 Å². The number of hydrogen-bond acceptors (Lipinski definition) is 5. The van der Waals surface area contributed by atoms with Gasteiger partial charge >= 0.3 is 0 Å². The van der Waals surface area contributed by atoms with Crippen LogP contribution in [-0.4, -0.2) is 0 Å². The summed E-state index contributed by atoms with van der Waals surface area (Å²) in [6, 6.07) is 21.9. The molecule has 0 amide bonds. The Bertz CT molecular complexity index is 1560. The van der Waals surface area contributed by atoms with Crippen molar-refractivity contribution in [2.24, 2.45) is 0 Å². The predicted octanol–water partition coefficient (Wildman–Crippen LogP) is 10.2. The topological polar surface area (TPSA) is 59.6 Å². The smallest absolute Gasteiger partial charge is 0.140 e. The predicted molar refractivity (Wildman–Crippen MR) is 147 cm³/mol. The highest BCUT2D eigenvalue weighted by Crippen LogP contribution is 2.46. The maximum absolute atomic E-state index is 15.6. The van der Waals surface area contributed by atoms with Crippen LogP contribution >= 0.6 is 69.9 Å². The fraction of sp³-hybridized carbons (Fsp3) is 0. The van der Waals surface area contributed by atoms with Crippen LogP contribution in [0, 0.1) is 28.5 Å². The first-order valence-electron chi connectivity index (χ1n) is 10.1. The van der Waals surface area contributed by atoms with Crippen molar-refractivity contribution >= 4 is 81.3 Å². The van der Waals surface area contributed by atoms with Crippen molar-refractivity contribution in [2.45, 2.75) is 19.6 Å². The van der Waals surface area contributed by atoms with Crippen LogP contribution in [0.15, 0.2) is 86.3 Å². The Morgan fingerprint density at radius 3 is 1.97 bits per heavy atom. The van der Waals surface area contributed by atoms with Crippen molar-refractivity contribution in [2.75, 3.05) is 5.32 Å². The summed E-state index contributed by atoms with van der Waals surface area (Å²) in [5.74, 6) is -0.531. The second-order valence-corrected chi connectivity index (χ2v) is 11.0. The van der Waals surface area contributed by atoms with Crippen molar-refractivity contribution in [1.29, 1.82) is 10.5 Å². The second-order valence-electron chi connectivity index (χ2n) is 7.22. The molecule has 0 heterocycles. The van der Waals surface area contributed by atoms with Crippen LogP contribution in [0.3, 0.4) is 0 Å².